The van der Waals surface area contributed by atoms with Crippen molar-refractivity contribution in [2.75, 3.05) is 0 Å². The predicted molar refractivity (Wildman–Crippen MR) is 182 cm³/mol. The first-order valence-electron chi connectivity index (χ1n) is 15.1. The molecule has 0 radical (unpaired) electrons. The van der Waals surface area contributed by atoms with E-state index in [0.29, 0.717) is 0 Å². The second-order valence-corrected chi connectivity index (χ2v) is 11.4. The van der Waals surface area contributed by atoms with Crippen LogP contribution in [0, 0.1) is 0 Å². The summed E-state index contributed by atoms with van der Waals surface area (Å²) < 4.78 is 2.38. The van der Waals surface area contributed by atoms with E-state index < -0.39 is 0 Å². The fourth-order valence-corrected chi connectivity index (χ4v) is 7.12. The minimum absolute atomic E-state index is 0.959. The van der Waals surface area contributed by atoms with Crippen LogP contribution in [-0.4, -0.2) is 9.55 Å². The number of aromatic nitrogens is 2. The van der Waals surface area contributed by atoms with Gasteiger partial charge in [0.15, 0.2) is 0 Å². The molecule has 7 aromatic carbocycles. The quantitative estimate of drug-likeness (QED) is 0.158. The number of hydrogen-bond donors (Lipinski definition) is 0. The third-order valence-corrected chi connectivity index (χ3v) is 8.97. The van der Waals surface area contributed by atoms with E-state index in [-0.39, 0.29) is 0 Å². The Morgan fingerprint density at radius 1 is 0.535 bits per heavy atom. The average molecular weight is 549 g/mol. The fourth-order valence-electron chi connectivity index (χ4n) is 7.12. The summed E-state index contributed by atoms with van der Waals surface area (Å²) in [6.07, 6.45) is 9.01. The Hall–Kier alpha value is -5.47. The summed E-state index contributed by atoms with van der Waals surface area (Å²) in [6, 6.07) is 46.0. The second kappa shape index (κ2) is 9.54. The number of hydrogen-bond acceptors (Lipinski definition) is 1. The average Bonchev–Trinajstić information content (AvgIpc) is 3.48. The normalized spacial score (nSPS) is 13.4. The molecule has 0 atom stereocenters. The van der Waals surface area contributed by atoms with Crippen LogP contribution >= 0.6 is 0 Å². The maximum absolute atomic E-state index is 5.53. The number of imidazole rings is 1. The van der Waals surface area contributed by atoms with E-state index in [1.165, 1.54) is 48.7 Å². The molecule has 9 rings (SSSR count). The van der Waals surface area contributed by atoms with Crippen LogP contribution in [0.15, 0.2) is 146 Å². The largest absolute Gasteiger partial charge is 0.292 e. The smallest absolute Gasteiger partial charge is 0.146 e. The fraction of sp³-hybridized carbons (Fsp3) is 0.0488. The SMILES string of the molecule is C1=CC(c2c(-c3ccccc3)nc(-c3ccc4c5cccc6cccc(c7cccc3c74)c65)n2-c2ccccc2)=CCC1. The zero-order chi connectivity index (χ0) is 28.3. The van der Waals surface area contributed by atoms with Crippen molar-refractivity contribution < 1.29 is 0 Å². The highest BCUT2D eigenvalue weighted by atomic mass is 15.1. The molecule has 1 aromatic heterocycles. The number of fused-ring (bicyclic) bond motifs is 2. The maximum Gasteiger partial charge on any atom is 0.146 e. The van der Waals surface area contributed by atoms with Crippen molar-refractivity contribution in [3.05, 3.63) is 151 Å². The summed E-state index contributed by atoms with van der Waals surface area (Å²) in [5, 5.41) is 10.3. The zero-order valence-corrected chi connectivity index (χ0v) is 23.7. The topological polar surface area (TPSA) is 17.8 Å². The highest BCUT2D eigenvalue weighted by Gasteiger charge is 2.25. The molecule has 0 saturated heterocycles. The van der Waals surface area contributed by atoms with E-state index in [0.717, 1.165) is 46.9 Å². The van der Waals surface area contributed by atoms with Gasteiger partial charge in [-0.15, -0.1) is 0 Å². The lowest BCUT2D eigenvalue weighted by Crippen LogP contribution is -2.03. The van der Waals surface area contributed by atoms with E-state index in [9.17, 15) is 0 Å². The summed E-state index contributed by atoms with van der Waals surface area (Å²) in [7, 11) is 0. The molecule has 0 bridgehead atoms. The first kappa shape index (κ1) is 24.2. The van der Waals surface area contributed by atoms with Gasteiger partial charge in [-0.25, -0.2) is 4.98 Å². The van der Waals surface area contributed by atoms with Gasteiger partial charge in [0.05, 0.1) is 11.4 Å². The van der Waals surface area contributed by atoms with Crippen molar-refractivity contribution in [3.8, 4) is 28.3 Å². The highest BCUT2D eigenvalue weighted by Crippen LogP contribution is 2.45. The van der Waals surface area contributed by atoms with Crippen molar-refractivity contribution in [2.45, 2.75) is 12.8 Å². The van der Waals surface area contributed by atoms with Gasteiger partial charge in [0.25, 0.3) is 0 Å². The molecule has 8 aromatic rings. The van der Waals surface area contributed by atoms with Crippen LogP contribution in [-0.2, 0) is 0 Å². The Labute approximate surface area is 250 Å². The van der Waals surface area contributed by atoms with Crippen molar-refractivity contribution in [2.24, 2.45) is 0 Å². The molecular weight excluding hydrogens is 520 g/mol. The Bertz CT molecular complexity index is 2320. The van der Waals surface area contributed by atoms with Gasteiger partial charge in [-0.1, -0.05) is 127 Å². The number of benzene rings is 7. The second-order valence-electron chi connectivity index (χ2n) is 11.4. The molecule has 202 valence electrons. The van der Waals surface area contributed by atoms with Gasteiger partial charge in [-0.2, -0.15) is 0 Å². The number of allylic oxidation sites excluding steroid dienone is 4. The van der Waals surface area contributed by atoms with Crippen molar-refractivity contribution in [1.29, 1.82) is 0 Å². The third-order valence-electron chi connectivity index (χ3n) is 8.97. The summed E-state index contributed by atoms with van der Waals surface area (Å²) in [4.78, 5) is 5.53. The van der Waals surface area contributed by atoms with E-state index in [1.54, 1.807) is 0 Å². The molecule has 0 spiro atoms. The molecule has 2 heteroatoms. The van der Waals surface area contributed by atoms with Crippen molar-refractivity contribution >= 4 is 48.7 Å². The van der Waals surface area contributed by atoms with Crippen LogP contribution < -0.4 is 0 Å². The van der Waals surface area contributed by atoms with Gasteiger partial charge >= 0.3 is 0 Å². The Morgan fingerprint density at radius 2 is 1.19 bits per heavy atom. The summed E-state index contributed by atoms with van der Waals surface area (Å²) in [5.41, 5.74) is 6.73. The van der Waals surface area contributed by atoms with Crippen LogP contribution in [0.3, 0.4) is 0 Å². The molecule has 0 N–H and O–H groups in total. The molecule has 43 heavy (non-hydrogen) atoms. The van der Waals surface area contributed by atoms with E-state index in [4.69, 9.17) is 4.98 Å². The van der Waals surface area contributed by atoms with Crippen LogP contribution in [0.1, 0.15) is 18.5 Å². The minimum atomic E-state index is 0.959. The first-order valence-corrected chi connectivity index (χ1v) is 15.1. The van der Waals surface area contributed by atoms with Crippen LogP contribution in [0.25, 0.3) is 77.0 Å². The molecule has 0 fully saturated rings. The number of para-hydroxylation sites is 1. The molecule has 2 nitrogen and oxygen atoms in total. The van der Waals surface area contributed by atoms with E-state index in [1.807, 2.05) is 0 Å². The molecule has 0 aliphatic heterocycles. The zero-order valence-electron chi connectivity index (χ0n) is 23.7. The van der Waals surface area contributed by atoms with Gasteiger partial charge in [-0.05, 0) is 79.7 Å². The van der Waals surface area contributed by atoms with Crippen molar-refractivity contribution in [3.63, 3.8) is 0 Å². The van der Waals surface area contributed by atoms with Gasteiger partial charge in [0.2, 0.25) is 0 Å². The first-order chi connectivity index (χ1) is 21.4. The predicted octanol–water partition coefficient (Wildman–Crippen LogP) is 11.0. The van der Waals surface area contributed by atoms with Crippen LogP contribution in [0.5, 0.6) is 0 Å². The van der Waals surface area contributed by atoms with Crippen molar-refractivity contribution in [1.82, 2.24) is 9.55 Å². The van der Waals surface area contributed by atoms with E-state index >= 15 is 0 Å². The summed E-state index contributed by atoms with van der Waals surface area (Å²) in [6.45, 7) is 0. The molecule has 1 aliphatic carbocycles. The lowest BCUT2D eigenvalue weighted by Gasteiger charge is -2.18. The Balaban J connectivity index is 1.43. The molecule has 0 saturated carbocycles. The minimum Gasteiger partial charge on any atom is -0.292 e. The number of nitrogens with zero attached hydrogens (tertiary/aromatic N) is 2. The third kappa shape index (κ3) is 3.63. The molecule has 1 aliphatic rings. The Kier molecular flexibility index (Phi) is 5.36. The molecule has 0 unspecified atom stereocenters. The molecule has 0 amide bonds. The maximum atomic E-state index is 5.53. The van der Waals surface area contributed by atoms with Crippen LogP contribution in [0.4, 0.5) is 0 Å². The van der Waals surface area contributed by atoms with Gasteiger partial charge in [0.1, 0.15) is 5.82 Å². The van der Waals surface area contributed by atoms with Crippen LogP contribution in [0.2, 0.25) is 0 Å². The number of rotatable bonds is 4. The van der Waals surface area contributed by atoms with Gasteiger partial charge in [-0.3, -0.25) is 4.57 Å². The van der Waals surface area contributed by atoms with E-state index in [2.05, 4.69) is 150 Å². The standard InChI is InChI=1S/C41H28N2/c1-4-13-28(14-5-1)39-40(29-15-6-2-7-16-29)43(30-19-8-3-9-20-30)41(42-39)36-26-25-35-32-22-11-18-27-17-10-21-31(37(27)32)33-23-12-24-34(36)38(33)35/h1,3-6,8-26H,2,7H2. The van der Waals surface area contributed by atoms with Gasteiger partial charge in [0, 0.05) is 16.8 Å². The highest BCUT2D eigenvalue weighted by molar-refractivity contribution is 6.34. The Morgan fingerprint density at radius 3 is 1.91 bits per heavy atom. The van der Waals surface area contributed by atoms with Gasteiger partial charge < -0.3 is 0 Å². The summed E-state index contributed by atoms with van der Waals surface area (Å²) in [5.74, 6) is 0.959. The molecular formula is C41H28N2. The lowest BCUT2D eigenvalue weighted by atomic mass is 9.88. The summed E-state index contributed by atoms with van der Waals surface area (Å²) >= 11 is 0. The lowest BCUT2D eigenvalue weighted by molar-refractivity contribution is 1.02. The molecule has 1 heterocycles. The monoisotopic (exact) mass is 548 g/mol.